The van der Waals surface area contributed by atoms with Crippen molar-refractivity contribution in [3.05, 3.63) is 78.1 Å². The maximum Gasteiger partial charge on any atom is 0.508 e. The second-order valence-corrected chi connectivity index (χ2v) is 15.1. The fourth-order valence-electron chi connectivity index (χ4n) is 6.25. The predicted molar refractivity (Wildman–Crippen MR) is 200 cm³/mol. The Kier molecular flexibility index (Phi) is 14.9. The van der Waals surface area contributed by atoms with Crippen LogP contribution in [0.1, 0.15) is 76.5 Å². The number of para-hydroxylation sites is 1. The van der Waals surface area contributed by atoms with Crippen molar-refractivity contribution in [1.29, 1.82) is 0 Å². The number of rotatable bonds is 21. The van der Waals surface area contributed by atoms with Crippen molar-refractivity contribution in [3.8, 4) is 18.1 Å². The maximum atomic E-state index is 14.5. The molecule has 0 amide bonds. The van der Waals surface area contributed by atoms with Gasteiger partial charge in [-0.05, 0) is 42.7 Å². The van der Waals surface area contributed by atoms with Crippen molar-refractivity contribution >= 4 is 36.9 Å². The predicted octanol–water partition coefficient (Wildman–Crippen LogP) is 7.27. The minimum atomic E-state index is -4.82. The second kappa shape index (κ2) is 19.8. The van der Waals surface area contributed by atoms with Gasteiger partial charge in [-0.1, -0.05) is 76.0 Å². The van der Waals surface area contributed by atoms with Crippen LogP contribution < -0.4 is 15.3 Å². The SMILES string of the molecule is C#C[C@]1(CO[P@@](=O)(NC(Cc2cc(F)cc(F)c2)C(=O)O)Oc2ccccc2)O[C@@H](n2cnc3c(N)nc(F)nc32)C[C@@H]1OC(=O)OCCCCCCCCCC. The van der Waals surface area contributed by atoms with Crippen molar-refractivity contribution in [1.82, 2.24) is 24.6 Å². The van der Waals surface area contributed by atoms with E-state index in [2.05, 4.69) is 32.9 Å². The van der Waals surface area contributed by atoms with Gasteiger partial charge in [-0.3, -0.25) is 13.9 Å². The molecule has 0 radical (unpaired) electrons. The summed E-state index contributed by atoms with van der Waals surface area (Å²) >= 11 is 0. The number of ether oxygens (including phenoxy) is 3. The third kappa shape index (κ3) is 11.7. The highest BCUT2D eigenvalue weighted by atomic mass is 31.2. The van der Waals surface area contributed by atoms with Crippen LogP contribution >= 0.6 is 7.75 Å². The molecule has 0 aliphatic carbocycles. The van der Waals surface area contributed by atoms with E-state index in [9.17, 15) is 32.4 Å². The largest absolute Gasteiger partial charge is 0.508 e. The molecule has 2 aromatic carbocycles. The first-order valence-electron chi connectivity index (χ1n) is 18.4. The third-order valence-electron chi connectivity index (χ3n) is 9.11. The third-order valence-corrected chi connectivity index (χ3v) is 10.7. The number of aromatic nitrogens is 4. The summed E-state index contributed by atoms with van der Waals surface area (Å²) in [6, 6.07) is 8.25. The molecule has 1 fully saturated rings. The van der Waals surface area contributed by atoms with Gasteiger partial charge in [0, 0.05) is 12.5 Å². The van der Waals surface area contributed by atoms with Crippen LogP contribution in [0.4, 0.5) is 23.8 Å². The van der Waals surface area contributed by atoms with Crippen LogP contribution in [0.25, 0.3) is 11.2 Å². The molecule has 4 aromatic rings. The van der Waals surface area contributed by atoms with Gasteiger partial charge in [-0.15, -0.1) is 6.42 Å². The van der Waals surface area contributed by atoms with E-state index < -0.39 is 74.6 Å². The zero-order valence-electron chi connectivity index (χ0n) is 31.2. The van der Waals surface area contributed by atoms with E-state index >= 15 is 0 Å². The number of benzene rings is 2. The molecule has 19 heteroatoms. The van der Waals surface area contributed by atoms with Crippen molar-refractivity contribution in [2.24, 2.45) is 0 Å². The van der Waals surface area contributed by atoms with Gasteiger partial charge in [0.05, 0.1) is 12.9 Å². The highest BCUT2D eigenvalue weighted by Crippen LogP contribution is 2.48. The summed E-state index contributed by atoms with van der Waals surface area (Å²) in [7, 11) is -4.82. The minimum absolute atomic E-state index is 0.0178. The molecule has 0 saturated carbocycles. The Hall–Kier alpha value is -5.21. The number of nitrogens with two attached hydrogens (primary N) is 1. The highest BCUT2D eigenvalue weighted by molar-refractivity contribution is 7.52. The molecule has 57 heavy (non-hydrogen) atoms. The lowest BCUT2D eigenvalue weighted by Crippen LogP contribution is -2.46. The van der Waals surface area contributed by atoms with Gasteiger partial charge in [0.1, 0.15) is 36.3 Å². The Morgan fingerprint density at radius 2 is 1.77 bits per heavy atom. The number of halogens is 3. The fraction of sp³-hybridized carbons (Fsp3) is 0.447. The highest BCUT2D eigenvalue weighted by Gasteiger charge is 2.53. The molecular weight excluding hydrogens is 772 g/mol. The van der Waals surface area contributed by atoms with Crippen LogP contribution in [-0.4, -0.2) is 67.7 Å². The fourth-order valence-corrected chi connectivity index (χ4v) is 7.77. The smallest absolute Gasteiger partial charge is 0.480 e. The molecule has 1 saturated heterocycles. The molecule has 1 aliphatic heterocycles. The molecule has 15 nitrogen and oxygen atoms in total. The van der Waals surface area contributed by atoms with E-state index in [4.69, 9.17) is 35.4 Å². The summed E-state index contributed by atoms with van der Waals surface area (Å²) in [6.45, 7) is 1.35. The molecule has 5 rings (SSSR count). The van der Waals surface area contributed by atoms with E-state index in [0.717, 1.165) is 44.2 Å². The lowest BCUT2D eigenvalue weighted by molar-refractivity contribution is -0.139. The number of anilines is 1. The second-order valence-electron chi connectivity index (χ2n) is 13.4. The number of hydrogen-bond acceptors (Lipinski definition) is 12. The number of carbonyl (C=O) groups is 2. The number of terminal acetylenes is 1. The normalized spacial score (nSPS) is 19.4. The number of unbranched alkanes of at least 4 members (excludes halogenated alkanes) is 7. The number of fused-ring (bicyclic) bond motifs is 1. The van der Waals surface area contributed by atoms with Crippen molar-refractivity contribution < 1.29 is 55.7 Å². The van der Waals surface area contributed by atoms with Crippen LogP contribution in [0.15, 0.2) is 54.9 Å². The number of aliphatic carboxylic acids is 1. The van der Waals surface area contributed by atoms with E-state index in [-0.39, 0.29) is 41.3 Å². The lowest BCUT2D eigenvalue weighted by Gasteiger charge is -2.31. The molecular formula is C38H44F3N6O9P. The van der Waals surface area contributed by atoms with Gasteiger partial charge in [-0.25, -0.2) is 23.1 Å². The number of hydrogen-bond donors (Lipinski definition) is 3. The van der Waals surface area contributed by atoms with E-state index in [1.807, 2.05) is 0 Å². The van der Waals surface area contributed by atoms with E-state index in [0.29, 0.717) is 12.5 Å². The van der Waals surface area contributed by atoms with Crippen LogP contribution in [0, 0.1) is 30.1 Å². The minimum Gasteiger partial charge on any atom is -0.480 e. The summed E-state index contributed by atoms with van der Waals surface area (Å²) < 4.78 is 86.9. The molecule has 4 N–H and O–H groups in total. The van der Waals surface area contributed by atoms with Gasteiger partial charge in [-0.2, -0.15) is 19.4 Å². The number of nitrogen functional groups attached to an aromatic ring is 1. The van der Waals surface area contributed by atoms with Gasteiger partial charge >= 0.3 is 25.9 Å². The molecule has 0 bridgehead atoms. The number of imidazole rings is 1. The van der Waals surface area contributed by atoms with Crippen molar-refractivity contribution in [2.45, 2.75) is 95.1 Å². The Morgan fingerprint density at radius 1 is 1.09 bits per heavy atom. The van der Waals surface area contributed by atoms with Crippen molar-refractivity contribution in [2.75, 3.05) is 18.9 Å². The maximum absolute atomic E-state index is 14.5. The molecule has 306 valence electrons. The Balaban J connectivity index is 1.39. The monoisotopic (exact) mass is 816 g/mol. The first-order chi connectivity index (χ1) is 27.3. The zero-order chi connectivity index (χ0) is 41.0. The zero-order valence-corrected chi connectivity index (χ0v) is 32.0. The molecule has 5 atom stereocenters. The summed E-state index contributed by atoms with van der Waals surface area (Å²) in [4.78, 5) is 36.9. The quantitative estimate of drug-likeness (QED) is 0.0249. The first kappa shape index (κ1) is 42.9. The van der Waals surface area contributed by atoms with E-state index in [1.54, 1.807) is 18.2 Å². The summed E-state index contributed by atoms with van der Waals surface area (Å²) in [5.74, 6) is -1.33. The molecule has 2 aromatic heterocycles. The molecule has 0 spiro atoms. The van der Waals surface area contributed by atoms with Crippen molar-refractivity contribution in [3.63, 3.8) is 0 Å². The summed E-state index contributed by atoms with van der Waals surface area (Å²) in [5, 5.41) is 12.4. The first-order valence-corrected chi connectivity index (χ1v) is 20.0. The summed E-state index contributed by atoms with van der Waals surface area (Å²) in [5.41, 5.74) is 3.67. The summed E-state index contributed by atoms with van der Waals surface area (Å²) in [6.07, 6.45) is 9.86. The average Bonchev–Trinajstić information content (AvgIpc) is 3.75. The number of carbonyl (C=O) groups excluding carboxylic acids is 1. The molecule has 1 unspecified atom stereocenters. The van der Waals surface area contributed by atoms with Gasteiger partial charge < -0.3 is 29.6 Å². The average molecular weight is 817 g/mol. The van der Waals surface area contributed by atoms with Crippen LogP contribution in [0.3, 0.4) is 0 Å². The van der Waals surface area contributed by atoms with Crippen LogP contribution in [0.2, 0.25) is 0 Å². The lowest BCUT2D eigenvalue weighted by atomic mass is 9.99. The van der Waals surface area contributed by atoms with E-state index in [1.165, 1.54) is 35.9 Å². The Morgan fingerprint density at radius 3 is 2.44 bits per heavy atom. The van der Waals surface area contributed by atoms with Crippen LogP contribution in [-0.2, 0) is 34.5 Å². The number of nitrogens with zero attached hydrogens (tertiary/aromatic N) is 4. The standard InChI is InChI=1S/C38H44F3N6O9P/c1-3-5-6-7-8-9-10-14-17-52-37(50)54-30-22-31(47-24-43-32-33(42)44-36(41)45-34(32)47)55-38(30,4-2)23-53-57(51,56-28-15-12-11-13-16-28)46-29(35(48)49)20-25-18-26(39)21-27(40)19-25/h2,11-13,15-16,18-19,21,24,29-31H,3,5-10,14,17,20,22-23H2,1H3,(H,46,51)(H,48,49)(H2,42,44,45)/t29?,30-,31+,38+,57-/m0/s1. The molecule has 1 aliphatic rings. The number of nitrogens with one attached hydrogen (secondary N) is 1. The van der Waals surface area contributed by atoms with Gasteiger partial charge in [0.2, 0.25) is 0 Å². The Labute approximate surface area is 327 Å². The molecule has 3 heterocycles. The Bertz CT molecular complexity index is 2070. The van der Waals surface area contributed by atoms with Gasteiger partial charge in [0.25, 0.3) is 0 Å². The van der Waals surface area contributed by atoms with Crippen LogP contribution in [0.5, 0.6) is 5.75 Å². The number of carboxylic acids is 1. The topological polar surface area (TPSA) is 199 Å². The number of carboxylic acid groups (broad SMARTS) is 1. The van der Waals surface area contributed by atoms with Gasteiger partial charge in [0.15, 0.2) is 28.7 Å².